The van der Waals surface area contributed by atoms with E-state index in [0.717, 1.165) is 56.6 Å². The van der Waals surface area contributed by atoms with Crippen LogP contribution < -0.4 is 10.2 Å². The number of phenolic OH excluding ortho intramolecular Hbond substituents is 1. The lowest BCUT2D eigenvalue weighted by Gasteiger charge is -2.37. The molecule has 25 heavy (non-hydrogen) atoms. The van der Waals surface area contributed by atoms with E-state index >= 15 is 0 Å². The molecule has 0 amide bonds. The second kappa shape index (κ2) is 8.46. The molecule has 1 aromatic carbocycles. The lowest BCUT2D eigenvalue weighted by Crippen LogP contribution is -2.52. The van der Waals surface area contributed by atoms with E-state index in [2.05, 4.69) is 22.0 Å². The lowest BCUT2D eigenvalue weighted by molar-refractivity contribution is 0.369. The molecule has 0 aliphatic carbocycles. The number of phenols is 1. The predicted octanol–water partition coefficient (Wildman–Crippen LogP) is 2.32. The minimum atomic E-state index is 0.343. The van der Waals surface area contributed by atoms with Gasteiger partial charge in [0, 0.05) is 45.7 Å². The summed E-state index contributed by atoms with van der Waals surface area (Å²) in [7, 11) is 0. The Morgan fingerprint density at radius 3 is 2.64 bits per heavy atom. The van der Waals surface area contributed by atoms with Crippen LogP contribution in [0.5, 0.6) is 5.75 Å². The fourth-order valence-electron chi connectivity index (χ4n) is 3.04. The Morgan fingerprint density at radius 1 is 1.16 bits per heavy atom. The second-order valence-corrected chi connectivity index (χ2v) is 6.03. The summed E-state index contributed by atoms with van der Waals surface area (Å²) in [6.07, 6.45) is 2.50. The molecule has 0 saturated carbocycles. The van der Waals surface area contributed by atoms with Crippen molar-refractivity contribution in [3.05, 3.63) is 48.4 Å². The zero-order valence-electron chi connectivity index (χ0n) is 14.7. The van der Waals surface area contributed by atoms with Crippen LogP contribution in [0.1, 0.15) is 12.7 Å². The first-order valence-corrected chi connectivity index (χ1v) is 8.86. The normalized spacial score (nSPS) is 15.5. The van der Waals surface area contributed by atoms with Gasteiger partial charge in [0.25, 0.3) is 0 Å². The van der Waals surface area contributed by atoms with Crippen LogP contribution in [0, 0.1) is 0 Å². The average molecular weight is 342 g/mol. The topological polar surface area (TPSA) is 64.2 Å². The number of hydrogen-bond acceptors (Lipinski definition) is 4. The van der Waals surface area contributed by atoms with Gasteiger partial charge in [-0.05, 0) is 31.2 Å². The molecule has 0 bridgehead atoms. The summed E-state index contributed by atoms with van der Waals surface area (Å²) >= 11 is 0. The molecular weight excluding hydrogens is 316 g/mol. The van der Waals surface area contributed by atoms with Gasteiger partial charge in [-0.15, -0.1) is 0 Å². The largest absolute Gasteiger partial charge is 0.506 e. The molecule has 0 radical (unpaired) electrons. The van der Waals surface area contributed by atoms with Gasteiger partial charge in [-0.25, -0.2) is 0 Å². The Kier molecular flexibility index (Phi) is 5.82. The molecular formula is C19H26N4O2. The summed E-state index contributed by atoms with van der Waals surface area (Å²) in [5, 5.41) is 13.4. The van der Waals surface area contributed by atoms with Crippen molar-refractivity contribution in [3.63, 3.8) is 0 Å². The molecule has 2 heterocycles. The lowest BCUT2D eigenvalue weighted by atomic mass is 10.2. The predicted molar refractivity (Wildman–Crippen MR) is 100 cm³/mol. The Labute approximate surface area is 148 Å². The van der Waals surface area contributed by atoms with Gasteiger partial charge in [0.2, 0.25) is 0 Å². The Hall–Kier alpha value is -2.63. The highest BCUT2D eigenvalue weighted by molar-refractivity contribution is 5.80. The zero-order chi connectivity index (χ0) is 17.5. The number of nitrogens with zero attached hydrogens (tertiary/aromatic N) is 3. The monoisotopic (exact) mass is 342 g/mol. The fraction of sp³-hybridized carbons (Fsp3) is 0.421. The number of aliphatic imine (C=N–C) groups is 1. The Balaban J connectivity index is 1.57. The smallest absolute Gasteiger partial charge is 0.194 e. The summed E-state index contributed by atoms with van der Waals surface area (Å²) < 4.78 is 5.36. The van der Waals surface area contributed by atoms with Crippen molar-refractivity contribution in [1.82, 2.24) is 10.2 Å². The number of aromatic hydroxyl groups is 1. The van der Waals surface area contributed by atoms with Gasteiger partial charge < -0.3 is 24.6 Å². The molecule has 1 aliphatic rings. The van der Waals surface area contributed by atoms with Crippen molar-refractivity contribution in [1.29, 1.82) is 0 Å². The number of rotatable bonds is 5. The van der Waals surface area contributed by atoms with Crippen molar-refractivity contribution in [2.45, 2.75) is 13.3 Å². The first kappa shape index (κ1) is 17.2. The summed E-state index contributed by atoms with van der Waals surface area (Å²) in [5.74, 6) is 2.25. The van der Waals surface area contributed by atoms with Crippen LogP contribution in [0.25, 0.3) is 0 Å². The number of furan rings is 1. The highest BCUT2D eigenvalue weighted by Crippen LogP contribution is 2.27. The van der Waals surface area contributed by atoms with Crippen LogP contribution in [0.15, 0.2) is 52.1 Å². The zero-order valence-corrected chi connectivity index (χ0v) is 14.7. The third kappa shape index (κ3) is 4.47. The maximum absolute atomic E-state index is 10.0. The average Bonchev–Trinajstić information content (AvgIpc) is 3.15. The standard InChI is InChI=1S/C19H26N4O2/c1-2-20-19(21-10-9-16-6-5-15-25-16)23-13-11-22(12-14-23)17-7-3-4-8-18(17)24/h3-8,15,24H,2,9-14H2,1H3,(H,20,21). The number of anilines is 1. The van der Waals surface area contributed by atoms with E-state index in [1.54, 1.807) is 12.3 Å². The van der Waals surface area contributed by atoms with Crippen molar-refractivity contribution < 1.29 is 9.52 Å². The number of hydrogen-bond donors (Lipinski definition) is 2. The van der Waals surface area contributed by atoms with Gasteiger partial charge in [0.05, 0.1) is 12.0 Å². The van der Waals surface area contributed by atoms with E-state index in [4.69, 9.17) is 9.41 Å². The third-order valence-corrected chi connectivity index (χ3v) is 4.34. The highest BCUT2D eigenvalue weighted by Gasteiger charge is 2.21. The first-order valence-electron chi connectivity index (χ1n) is 8.86. The second-order valence-electron chi connectivity index (χ2n) is 6.03. The van der Waals surface area contributed by atoms with Crippen molar-refractivity contribution in [2.75, 3.05) is 44.2 Å². The number of para-hydroxylation sites is 2. The summed E-state index contributed by atoms with van der Waals surface area (Å²) in [4.78, 5) is 9.23. The Morgan fingerprint density at radius 2 is 1.96 bits per heavy atom. The summed E-state index contributed by atoms with van der Waals surface area (Å²) in [5.41, 5.74) is 0.905. The van der Waals surface area contributed by atoms with Gasteiger partial charge in [-0.2, -0.15) is 0 Å². The fourth-order valence-corrected chi connectivity index (χ4v) is 3.04. The molecule has 0 unspecified atom stereocenters. The SMILES string of the molecule is CCNC(=NCCc1ccco1)N1CCN(c2ccccc2O)CC1. The van der Waals surface area contributed by atoms with E-state index in [1.807, 2.05) is 30.3 Å². The maximum Gasteiger partial charge on any atom is 0.194 e. The van der Waals surface area contributed by atoms with Crippen LogP contribution >= 0.6 is 0 Å². The minimum Gasteiger partial charge on any atom is -0.506 e. The molecule has 0 atom stereocenters. The molecule has 1 aliphatic heterocycles. The van der Waals surface area contributed by atoms with Crippen molar-refractivity contribution in [3.8, 4) is 5.75 Å². The van der Waals surface area contributed by atoms with Crippen LogP contribution in [-0.4, -0.2) is 55.2 Å². The van der Waals surface area contributed by atoms with E-state index < -0.39 is 0 Å². The molecule has 6 heteroatoms. The van der Waals surface area contributed by atoms with E-state index in [1.165, 1.54) is 0 Å². The maximum atomic E-state index is 10.0. The molecule has 1 saturated heterocycles. The molecule has 6 nitrogen and oxygen atoms in total. The van der Waals surface area contributed by atoms with Gasteiger partial charge in [-0.1, -0.05) is 12.1 Å². The van der Waals surface area contributed by atoms with Gasteiger partial charge in [-0.3, -0.25) is 4.99 Å². The number of piperazine rings is 1. The van der Waals surface area contributed by atoms with E-state index in [-0.39, 0.29) is 0 Å². The molecule has 1 fully saturated rings. The summed E-state index contributed by atoms with van der Waals surface area (Å²) in [6, 6.07) is 11.4. The van der Waals surface area contributed by atoms with Gasteiger partial charge >= 0.3 is 0 Å². The van der Waals surface area contributed by atoms with Crippen molar-refractivity contribution in [2.24, 2.45) is 4.99 Å². The number of benzene rings is 1. The van der Waals surface area contributed by atoms with Crippen LogP contribution in [0.2, 0.25) is 0 Å². The molecule has 3 rings (SSSR count). The Bertz CT molecular complexity index is 676. The third-order valence-electron chi connectivity index (χ3n) is 4.34. The quantitative estimate of drug-likeness (QED) is 0.645. The molecule has 1 aromatic heterocycles. The van der Waals surface area contributed by atoms with Gasteiger partial charge in [0.1, 0.15) is 11.5 Å². The minimum absolute atomic E-state index is 0.343. The summed E-state index contributed by atoms with van der Waals surface area (Å²) in [6.45, 7) is 7.11. The molecule has 134 valence electrons. The first-order chi connectivity index (χ1) is 12.3. The van der Waals surface area contributed by atoms with Crippen LogP contribution in [0.4, 0.5) is 5.69 Å². The molecule has 0 spiro atoms. The highest BCUT2D eigenvalue weighted by atomic mass is 16.3. The van der Waals surface area contributed by atoms with Crippen LogP contribution in [-0.2, 0) is 6.42 Å². The number of nitrogens with one attached hydrogen (secondary N) is 1. The molecule has 2 aromatic rings. The number of guanidine groups is 1. The van der Waals surface area contributed by atoms with Crippen molar-refractivity contribution >= 4 is 11.6 Å². The van der Waals surface area contributed by atoms with Gasteiger partial charge in [0.15, 0.2) is 5.96 Å². The van der Waals surface area contributed by atoms with E-state index in [9.17, 15) is 5.11 Å². The van der Waals surface area contributed by atoms with Crippen LogP contribution in [0.3, 0.4) is 0 Å². The van der Waals surface area contributed by atoms with E-state index in [0.29, 0.717) is 12.3 Å². The molecule has 2 N–H and O–H groups in total.